The molecule has 0 aromatic heterocycles. The lowest BCUT2D eigenvalue weighted by Gasteiger charge is -2.50. The van der Waals surface area contributed by atoms with E-state index in [0.717, 1.165) is 37.4 Å². The first-order valence-corrected chi connectivity index (χ1v) is 9.79. The van der Waals surface area contributed by atoms with Crippen LogP contribution in [0.2, 0.25) is 5.02 Å². The third-order valence-electron chi connectivity index (χ3n) is 6.05. The molecule has 2 atom stereocenters. The van der Waals surface area contributed by atoms with Crippen molar-refractivity contribution in [3.8, 4) is 11.5 Å². The second-order valence-corrected chi connectivity index (χ2v) is 7.94. The third kappa shape index (κ3) is 3.76. The van der Waals surface area contributed by atoms with E-state index in [1.54, 1.807) is 7.11 Å². The number of aliphatic hydroxyl groups is 1. The summed E-state index contributed by atoms with van der Waals surface area (Å²) in [6, 6.07) is 3.82. The van der Waals surface area contributed by atoms with E-state index >= 15 is 0 Å². The Labute approximate surface area is 156 Å². The molecule has 1 saturated heterocycles. The van der Waals surface area contributed by atoms with Crippen LogP contribution in [0.5, 0.6) is 11.5 Å². The van der Waals surface area contributed by atoms with Gasteiger partial charge in [-0.3, -0.25) is 4.90 Å². The lowest BCUT2D eigenvalue weighted by Crippen LogP contribution is -2.56. The number of methoxy groups -OCH3 is 1. The highest BCUT2D eigenvalue weighted by molar-refractivity contribution is 6.31. The highest BCUT2D eigenvalue weighted by Gasteiger charge is 2.46. The van der Waals surface area contributed by atoms with Gasteiger partial charge in [-0.25, -0.2) is 0 Å². The number of hydrogen-bond acceptors (Lipinski definition) is 4. The summed E-state index contributed by atoms with van der Waals surface area (Å²) in [4.78, 5) is 2.39. The number of ether oxygens (including phenoxy) is 2. The summed E-state index contributed by atoms with van der Waals surface area (Å²) in [5.74, 6) is 2.19. The lowest BCUT2D eigenvalue weighted by molar-refractivity contribution is -0.128. The van der Waals surface area contributed by atoms with Gasteiger partial charge >= 0.3 is 0 Å². The summed E-state index contributed by atoms with van der Waals surface area (Å²) in [5, 5.41) is 11.8. The second kappa shape index (κ2) is 7.73. The number of halogens is 1. The van der Waals surface area contributed by atoms with E-state index in [1.807, 2.05) is 19.1 Å². The molecule has 0 bridgehead atoms. The van der Waals surface area contributed by atoms with Crippen LogP contribution < -0.4 is 9.47 Å². The first kappa shape index (κ1) is 18.8. The number of rotatable bonds is 6. The molecule has 4 nitrogen and oxygen atoms in total. The van der Waals surface area contributed by atoms with E-state index in [4.69, 9.17) is 21.1 Å². The highest BCUT2D eigenvalue weighted by atomic mass is 35.5. The molecule has 0 spiro atoms. The van der Waals surface area contributed by atoms with E-state index in [2.05, 4.69) is 11.8 Å². The monoisotopic (exact) mass is 367 g/mol. The Morgan fingerprint density at radius 3 is 2.64 bits per heavy atom. The average molecular weight is 368 g/mol. The number of piperidine rings is 1. The van der Waals surface area contributed by atoms with Crippen LogP contribution in [0.3, 0.4) is 0 Å². The summed E-state index contributed by atoms with van der Waals surface area (Å²) in [5.41, 5.74) is 0.568. The van der Waals surface area contributed by atoms with E-state index in [1.165, 1.54) is 19.3 Å². The summed E-state index contributed by atoms with van der Waals surface area (Å²) in [7, 11) is 1.65. The van der Waals surface area contributed by atoms with Crippen molar-refractivity contribution in [3.05, 3.63) is 22.7 Å². The van der Waals surface area contributed by atoms with Gasteiger partial charge in [0, 0.05) is 30.7 Å². The Morgan fingerprint density at radius 1 is 1.32 bits per heavy atom. The van der Waals surface area contributed by atoms with Gasteiger partial charge < -0.3 is 14.6 Å². The van der Waals surface area contributed by atoms with Gasteiger partial charge in [0.25, 0.3) is 0 Å². The maximum absolute atomic E-state index is 11.1. The molecule has 140 valence electrons. The smallest absolute Gasteiger partial charge is 0.162 e. The van der Waals surface area contributed by atoms with Crippen LogP contribution in [0.4, 0.5) is 0 Å². The zero-order valence-corrected chi connectivity index (χ0v) is 16.3. The predicted octanol–water partition coefficient (Wildman–Crippen LogP) is 4.12. The molecule has 2 fully saturated rings. The number of hydrogen-bond donors (Lipinski definition) is 1. The van der Waals surface area contributed by atoms with Gasteiger partial charge in [0.05, 0.1) is 19.3 Å². The molecule has 1 N–H and O–H groups in total. The van der Waals surface area contributed by atoms with Crippen molar-refractivity contribution in [2.75, 3.05) is 26.8 Å². The third-order valence-corrected chi connectivity index (χ3v) is 6.40. The molecule has 1 aliphatic carbocycles. The predicted molar refractivity (Wildman–Crippen MR) is 101 cm³/mol. The molecule has 0 amide bonds. The summed E-state index contributed by atoms with van der Waals surface area (Å²) < 4.78 is 11.0. The summed E-state index contributed by atoms with van der Waals surface area (Å²) in [6.45, 7) is 7.29. The van der Waals surface area contributed by atoms with Gasteiger partial charge in [-0.2, -0.15) is 0 Å². The Bertz CT molecular complexity index is 605. The molecule has 1 aliphatic heterocycles. The number of nitrogens with zero attached hydrogens (tertiary/aromatic N) is 1. The lowest BCUT2D eigenvalue weighted by atomic mass is 9.65. The van der Waals surface area contributed by atoms with Crippen molar-refractivity contribution in [2.24, 2.45) is 11.8 Å². The molecule has 1 saturated carbocycles. The van der Waals surface area contributed by atoms with Gasteiger partial charge in [0.2, 0.25) is 0 Å². The molecule has 25 heavy (non-hydrogen) atoms. The minimum atomic E-state index is -0.477. The number of benzene rings is 1. The van der Waals surface area contributed by atoms with Crippen LogP contribution in [0.1, 0.15) is 45.1 Å². The molecule has 1 heterocycles. The fourth-order valence-corrected chi connectivity index (χ4v) is 4.46. The zero-order valence-electron chi connectivity index (χ0n) is 15.6. The van der Waals surface area contributed by atoms with Crippen LogP contribution in [0.15, 0.2) is 12.1 Å². The van der Waals surface area contributed by atoms with Gasteiger partial charge in [-0.05, 0) is 49.7 Å². The quantitative estimate of drug-likeness (QED) is 0.821. The minimum absolute atomic E-state index is 0.287. The van der Waals surface area contributed by atoms with Gasteiger partial charge in [0.1, 0.15) is 0 Å². The van der Waals surface area contributed by atoms with Gasteiger partial charge in [-0.1, -0.05) is 24.9 Å². The number of likely N-dealkylation sites (tertiary alicyclic amines) is 1. The topological polar surface area (TPSA) is 41.9 Å². The SMILES string of the molecule is CCOc1cc(Cl)c(CN2CC[C@@](O)(C3CCC3)[C@H](C)C2)cc1OC. The molecule has 0 radical (unpaired) electrons. The van der Waals surface area contributed by atoms with E-state index in [9.17, 15) is 5.11 Å². The largest absolute Gasteiger partial charge is 0.493 e. The van der Waals surface area contributed by atoms with Crippen molar-refractivity contribution in [1.29, 1.82) is 0 Å². The second-order valence-electron chi connectivity index (χ2n) is 7.53. The molecular formula is C20H30ClNO3. The van der Waals surface area contributed by atoms with Crippen LogP contribution in [0.25, 0.3) is 0 Å². The van der Waals surface area contributed by atoms with Gasteiger partial charge in [-0.15, -0.1) is 0 Å². The van der Waals surface area contributed by atoms with E-state index in [-0.39, 0.29) is 5.92 Å². The Hall–Kier alpha value is -0.970. The molecule has 3 rings (SSSR count). The maximum atomic E-state index is 11.1. The Morgan fingerprint density at radius 2 is 2.08 bits per heavy atom. The molecule has 0 unspecified atom stereocenters. The molecule has 5 heteroatoms. The molecule has 1 aromatic rings. The highest BCUT2D eigenvalue weighted by Crippen LogP contribution is 2.45. The van der Waals surface area contributed by atoms with Crippen molar-refractivity contribution < 1.29 is 14.6 Å². The average Bonchev–Trinajstić information content (AvgIpc) is 2.52. The van der Waals surface area contributed by atoms with Crippen molar-refractivity contribution in [1.82, 2.24) is 4.90 Å². The van der Waals surface area contributed by atoms with E-state index < -0.39 is 5.60 Å². The van der Waals surface area contributed by atoms with Gasteiger partial charge in [0.15, 0.2) is 11.5 Å². The first-order chi connectivity index (χ1) is 12.0. The van der Waals surface area contributed by atoms with Crippen molar-refractivity contribution in [2.45, 2.75) is 51.7 Å². The fourth-order valence-electron chi connectivity index (χ4n) is 4.25. The first-order valence-electron chi connectivity index (χ1n) is 9.41. The molecule has 2 aliphatic rings. The zero-order chi connectivity index (χ0) is 18.0. The molecule has 1 aromatic carbocycles. The fraction of sp³-hybridized carbons (Fsp3) is 0.700. The van der Waals surface area contributed by atoms with Crippen LogP contribution in [-0.4, -0.2) is 42.4 Å². The van der Waals surface area contributed by atoms with Crippen LogP contribution >= 0.6 is 11.6 Å². The standard InChI is InChI=1S/C20H30ClNO3/c1-4-25-19-11-17(21)15(10-18(19)24-3)13-22-9-8-20(23,14(2)12-22)16-6-5-7-16/h10-11,14,16,23H,4-9,12-13H2,1-3H3/t14-,20+/m1/s1. The van der Waals surface area contributed by atoms with Crippen LogP contribution in [0, 0.1) is 11.8 Å². The van der Waals surface area contributed by atoms with Crippen molar-refractivity contribution in [3.63, 3.8) is 0 Å². The van der Waals surface area contributed by atoms with Crippen molar-refractivity contribution >= 4 is 11.6 Å². The van der Waals surface area contributed by atoms with E-state index in [0.29, 0.717) is 23.3 Å². The summed E-state index contributed by atoms with van der Waals surface area (Å²) >= 11 is 6.48. The summed E-state index contributed by atoms with van der Waals surface area (Å²) in [6.07, 6.45) is 4.49. The Balaban J connectivity index is 1.69. The van der Waals surface area contributed by atoms with Crippen LogP contribution in [-0.2, 0) is 6.54 Å². The Kier molecular flexibility index (Phi) is 5.81. The maximum Gasteiger partial charge on any atom is 0.162 e. The minimum Gasteiger partial charge on any atom is -0.493 e. The normalized spacial score (nSPS) is 27.8. The molecular weight excluding hydrogens is 338 g/mol.